The Hall–Kier alpha value is -1.76. The van der Waals surface area contributed by atoms with Crippen molar-refractivity contribution in [3.63, 3.8) is 0 Å². The third-order valence-corrected chi connectivity index (χ3v) is 4.97. The van der Waals surface area contributed by atoms with E-state index in [9.17, 15) is 0 Å². The van der Waals surface area contributed by atoms with Crippen molar-refractivity contribution in [3.05, 3.63) is 64.2 Å². The van der Waals surface area contributed by atoms with E-state index < -0.39 is 0 Å². The molecule has 0 radical (unpaired) electrons. The van der Waals surface area contributed by atoms with Gasteiger partial charge in [-0.25, -0.2) is 0 Å². The van der Waals surface area contributed by atoms with Crippen molar-refractivity contribution in [3.8, 4) is 0 Å². The largest absolute Gasteiger partial charge is 0.372 e. The third-order valence-electron chi connectivity index (χ3n) is 4.97. The van der Waals surface area contributed by atoms with E-state index in [0.717, 1.165) is 6.42 Å². The molecule has 0 aromatic heterocycles. The molecule has 0 amide bonds. The number of hydrogen-bond acceptors (Lipinski definition) is 1. The van der Waals surface area contributed by atoms with Gasteiger partial charge in [0.15, 0.2) is 0 Å². The summed E-state index contributed by atoms with van der Waals surface area (Å²) in [4.78, 5) is 2.52. The summed E-state index contributed by atoms with van der Waals surface area (Å²) in [6.45, 7) is 9.08. The first-order valence-corrected chi connectivity index (χ1v) is 8.54. The Labute approximate surface area is 135 Å². The summed E-state index contributed by atoms with van der Waals surface area (Å²) in [5.41, 5.74) is 8.46. The predicted octanol–water partition coefficient (Wildman–Crippen LogP) is 5.19. The molecule has 1 heteroatoms. The van der Waals surface area contributed by atoms with Crippen LogP contribution in [0, 0.1) is 20.8 Å². The molecule has 0 bridgehead atoms. The van der Waals surface area contributed by atoms with E-state index in [-0.39, 0.29) is 0 Å². The van der Waals surface area contributed by atoms with Crippen molar-refractivity contribution in [2.75, 3.05) is 18.0 Å². The SMILES string of the molecule is Cc1cc(C)c(C)c(Cc2ccc(N3CCCCC3)cc2)c1. The van der Waals surface area contributed by atoms with Gasteiger partial charge >= 0.3 is 0 Å². The first-order chi connectivity index (χ1) is 10.6. The Morgan fingerprint density at radius 2 is 1.55 bits per heavy atom. The lowest BCUT2D eigenvalue weighted by Gasteiger charge is -2.28. The van der Waals surface area contributed by atoms with Crippen LogP contribution in [0.2, 0.25) is 0 Å². The van der Waals surface area contributed by atoms with Gasteiger partial charge in [0.1, 0.15) is 0 Å². The van der Waals surface area contributed by atoms with E-state index in [1.807, 2.05) is 0 Å². The van der Waals surface area contributed by atoms with Crippen LogP contribution < -0.4 is 4.90 Å². The quantitative estimate of drug-likeness (QED) is 0.752. The molecule has 1 saturated heterocycles. The number of hydrogen-bond donors (Lipinski definition) is 0. The van der Waals surface area contributed by atoms with Gasteiger partial charge in [0, 0.05) is 18.8 Å². The Kier molecular flexibility index (Phi) is 4.52. The highest BCUT2D eigenvalue weighted by molar-refractivity contribution is 5.49. The van der Waals surface area contributed by atoms with Crippen molar-refractivity contribution in [1.82, 2.24) is 0 Å². The van der Waals surface area contributed by atoms with E-state index in [0.29, 0.717) is 0 Å². The first-order valence-electron chi connectivity index (χ1n) is 8.54. The van der Waals surface area contributed by atoms with Gasteiger partial charge in [0.2, 0.25) is 0 Å². The van der Waals surface area contributed by atoms with E-state index in [2.05, 4.69) is 62.1 Å². The number of rotatable bonds is 3. The molecule has 2 aromatic rings. The minimum atomic E-state index is 1.04. The fraction of sp³-hybridized carbons (Fsp3) is 0.429. The maximum absolute atomic E-state index is 2.52. The van der Waals surface area contributed by atoms with Gasteiger partial charge in [-0.1, -0.05) is 29.8 Å². The van der Waals surface area contributed by atoms with Crippen LogP contribution in [0.25, 0.3) is 0 Å². The van der Waals surface area contributed by atoms with Gasteiger partial charge in [-0.15, -0.1) is 0 Å². The number of benzene rings is 2. The van der Waals surface area contributed by atoms with E-state index in [1.165, 1.54) is 65.9 Å². The van der Waals surface area contributed by atoms with Gasteiger partial charge in [0.25, 0.3) is 0 Å². The highest BCUT2D eigenvalue weighted by Crippen LogP contribution is 2.23. The molecule has 1 aliphatic heterocycles. The third kappa shape index (κ3) is 3.35. The maximum Gasteiger partial charge on any atom is 0.0366 e. The van der Waals surface area contributed by atoms with Crippen LogP contribution in [-0.4, -0.2) is 13.1 Å². The highest BCUT2D eigenvalue weighted by atomic mass is 15.1. The molecule has 1 nitrogen and oxygen atoms in total. The predicted molar refractivity (Wildman–Crippen MR) is 96.0 cm³/mol. The lowest BCUT2D eigenvalue weighted by molar-refractivity contribution is 0.578. The second-order valence-electron chi connectivity index (χ2n) is 6.76. The van der Waals surface area contributed by atoms with E-state index >= 15 is 0 Å². The van der Waals surface area contributed by atoms with Gasteiger partial charge in [0.05, 0.1) is 0 Å². The summed E-state index contributed by atoms with van der Waals surface area (Å²) in [6.07, 6.45) is 5.10. The molecule has 0 saturated carbocycles. The van der Waals surface area contributed by atoms with Crippen LogP contribution >= 0.6 is 0 Å². The van der Waals surface area contributed by atoms with Gasteiger partial charge in [-0.05, 0) is 80.8 Å². The molecule has 22 heavy (non-hydrogen) atoms. The number of aryl methyl sites for hydroxylation is 2. The minimum absolute atomic E-state index is 1.04. The summed E-state index contributed by atoms with van der Waals surface area (Å²) in [5.74, 6) is 0. The zero-order valence-corrected chi connectivity index (χ0v) is 14.2. The van der Waals surface area contributed by atoms with Crippen LogP contribution in [0.1, 0.15) is 47.1 Å². The molecule has 0 N–H and O–H groups in total. The zero-order valence-electron chi connectivity index (χ0n) is 14.2. The van der Waals surface area contributed by atoms with Crippen LogP contribution in [0.4, 0.5) is 5.69 Å². The molecule has 3 rings (SSSR count). The summed E-state index contributed by atoms with van der Waals surface area (Å²) < 4.78 is 0. The fourth-order valence-electron chi connectivity index (χ4n) is 3.51. The summed E-state index contributed by atoms with van der Waals surface area (Å²) >= 11 is 0. The molecule has 0 spiro atoms. The number of nitrogens with zero attached hydrogens (tertiary/aromatic N) is 1. The fourth-order valence-corrected chi connectivity index (χ4v) is 3.51. The smallest absolute Gasteiger partial charge is 0.0366 e. The van der Waals surface area contributed by atoms with E-state index in [1.54, 1.807) is 0 Å². The van der Waals surface area contributed by atoms with Crippen LogP contribution in [-0.2, 0) is 6.42 Å². The van der Waals surface area contributed by atoms with Gasteiger partial charge < -0.3 is 4.90 Å². The van der Waals surface area contributed by atoms with Gasteiger partial charge in [-0.3, -0.25) is 0 Å². The van der Waals surface area contributed by atoms with Crippen LogP contribution in [0.5, 0.6) is 0 Å². The second kappa shape index (κ2) is 6.56. The molecule has 2 aromatic carbocycles. The monoisotopic (exact) mass is 293 g/mol. The highest BCUT2D eigenvalue weighted by Gasteiger charge is 2.11. The van der Waals surface area contributed by atoms with Crippen molar-refractivity contribution >= 4 is 5.69 Å². The van der Waals surface area contributed by atoms with Crippen LogP contribution in [0.15, 0.2) is 36.4 Å². The van der Waals surface area contributed by atoms with Crippen molar-refractivity contribution < 1.29 is 0 Å². The normalized spacial score (nSPS) is 15.1. The van der Waals surface area contributed by atoms with Crippen molar-refractivity contribution in [2.45, 2.75) is 46.5 Å². The van der Waals surface area contributed by atoms with Gasteiger partial charge in [-0.2, -0.15) is 0 Å². The zero-order chi connectivity index (χ0) is 15.5. The second-order valence-corrected chi connectivity index (χ2v) is 6.76. The van der Waals surface area contributed by atoms with E-state index in [4.69, 9.17) is 0 Å². The molecule has 0 aliphatic carbocycles. The number of piperidine rings is 1. The molecule has 0 atom stereocenters. The molecule has 1 aliphatic rings. The van der Waals surface area contributed by atoms with Crippen LogP contribution in [0.3, 0.4) is 0 Å². The van der Waals surface area contributed by atoms with Crippen molar-refractivity contribution in [2.24, 2.45) is 0 Å². The Morgan fingerprint density at radius 3 is 2.23 bits per heavy atom. The molecule has 0 unspecified atom stereocenters. The first kappa shape index (κ1) is 15.1. The molecular formula is C21H27N. The Bertz CT molecular complexity index is 634. The lowest BCUT2D eigenvalue weighted by atomic mass is 9.95. The molecular weight excluding hydrogens is 266 g/mol. The summed E-state index contributed by atoms with van der Waals surface area (Å²) in [6, 6.07) is 13.8. The standard InChI is InChI=1S/C21H27N/c1-16-13-17(2)18(3)20(14-16)15-19-7-9-21(10-8-19)22-11-5-4-6-12-22/h7-10,13-14H,4-6,11-12,15H2,1-3H3. The lowest BCUT2D eigenvalue weighted by Crippen LogP contribution is -2.29. The average Bonchev–Trinajstić information content (AvgIpc) is 2.54. The average molecular weight is 293 g/mol. The van der Waals surface area contributed by atoms with Crippen molar-refractivity contribution in [1.29, 1.82) is 0 Å². The maximum atomic E-state index is 2.52. The number of anilines is 1. The summed E-state index contributed by atoms with van der Waals surface area (Å²) in [5, 5.41) is 0. The minimum Gasteiger partial charge on any atom is -0.372 e. The molecule has 1 heterocycles. The molecule has 1 fully saturated rings. The Morgan fingerprint density at radius 1 is 0.864 bits per heavy atom. The topological polar surface area (TPSA) is 3.24 Å². The Balaban J connectivity index is 1.76. The summed E-state index contributed by atoms with van der Waals surface area (Å²) in [7, 11) is 0. The molecule has 116 valence electrons.